The van der Waals surface area contributed by atoms with Crippen LogP contribution in [0.1, 0.15) is 10.4 Å². The van der Waals surface area contributed by atoms with E-state index in [1.54, 1.807) is 30.3 Å². The summed E-state index contributed by atoms with van der Waals surface area (Å²) in [5.41, 5.74) is 0.226. The largest absolute Gasteiger partial charge is 0.439 e. The van der Waals surface area contributed by atoms with Crippen molar-refractivity contribution in [1.82, 2.24) is 10.0 Å². The third-order valence-corrected chi connectivity index (χ3v) is 3.19. The minimum atomic E-state index is -0.395. The van der Waals surface area contributed by atoms with Gasteiger partial charge in [-0.25, -0.2) is 10.0 Å². The van der Waals surface area contributed by atoms with Gasteiger partial charge in [0, 0.05) is 18.1 Å². The van der Waals surface area contributed by atoms with Gasteiger partial charge >= 0.3 is 0 Å². The maximum atomic E-state index is 11.9. The van der Waals surface area contributed by atoms with Gasteiger partial charge in [0.05, 0.1) is 12.7 Å². The van der Waals surface area contributed by atoms with Crippen LogP contribution in [0, 0.1) is 0 Å². The minimum Gasteiger partial charge on any atom is -0.439 e. The molecule has 1 aromatic heterocycles. The third-order valence-electron chi connectivity index (χ3n) is 2.65. The number of hydroxylamine groups is 2. The van der Waals surface area contributed by atoms with Crippen molar-refractivity contribution in [2.45, 2.75) is 0 Å². The Balaban J connectivity index is 2.19. The number of aromatic nitrogens is 1. The second-order valence-corrected chi connectivity index (χ2v) is 4.82. The molecule has 0 fully saturated rings. The number of hydrogen-bond acceptors (Lipinski definition) is 4. The Kier molecular flexibility index (Phi) is 5.01. The third kappa shape index (κ3) is 3.85. The lowest BCUT2D eigenvalue weighted by molar-refractivity contribution is -0.0757. The zero-order chi connectivity index (χ0) is 15.4. The predicted octanol–water partition coefficient (Wildman–Crippen LogP) is 3.81. The maximum Gasteiger partial charge on any atom is 0.280 e. The van der Waals surface area contributed by atoms with Gasteiger partial charge in [-0.05, 0) is 30.3 Å². The van der Waals surface area contributed by atoms with E-state index in [9.17, 15) is 4.79 Å². The van der Waals surface area contributed by atoms with Crippen LogP contribution in [0.15, 0.2) is 36.4 Å². The maximum absolute atomic E-state index is 11.9. The summed E-state index contributed by atoms with van der Waals surface area (Å²) < 4.78 is 5.53. The quantitative estimate of drug-likeness (QED) is 0.633. The molecule has 0 radical (unpaired) electrons. The summed E-state index contributed by atoms with van der Waals surface area (Å²) in [5.74, 6) is 0.447. The number of rotatable bonds is 4. The van der Waals surface area contributed by atoms with Crippen molar-refractivity contribution in [3.63, 3.8) is 0 Å². The van der Waals surface area contributed by atoms with Crippen molar-refractivity contribution in [1.29, 1.82) is 0 Å². The highest BCUT2D eigenvalue weighted by molar-refractivity contribution is 6.32. The molecular formula is C14H12Cl2N2O3. The molecule has 0 saturated carbocycles. The lowest BCUT2D eigenvalue weighted by atomic mass is 10.2. The van der Waals surface area contributed by atoms with Crippen LogP contribution in [0.2, 0.25) is 10.2 Å². The van der Waals surface area contributed by atoms with Gasteiger partial charge in [-0.1, -0.05) is 23.2 Å². The van der Waals surface area contributed by atoms with Crippen molar-refractivity contribution in [2.75, 3.05) is 14.2 Å². The van der Waals surface area contributed by atoms with E-state index in [0.29, 0.717) is 10.8 Å². The molecule has 0 aliphatic rings. The van der Waals surface area contributed by atoms with Crippen LogP contribution in [0.25, 0.3) is 0 Å². The summed E-state index contributed by atoms with van der Waals surface area (Å²) in [6.45, 7) is 0. The molecule has 0 unspecified atom stereocenters. The second kappa shape index (κ2) is 6.76. The first-order chi connectivity index (χ1) is 10.0. The first kappa shape index (κ1) is 15.6. The molecule has 21 heavy (non-hydrogen) atoms. The summed E-state index contributed by atoms with van der Waals surface area (Å²) in [5, 5.41) is 1.70. The number of halogens is 2. The standard InChI is InChI=1S/C14H12Cl2N2O3/c1-18(20-2)14(19)11-7-8-12(17-13(11)16)21-10-5-3-9(15)4-6-10/h3-8H,1-2H3. The zero-order valence-corrected chi connectivity index (χ0v) is 12.9. The predicted molar refractivity (Wildman–Crippen MR) is 79.9 cm³/mol. The molecule has 0 aliphatic carbocycles. The molecule has 0 N–H and O–H groups in total. The average Bonchev–Trinajstić information content (AvgIpc) is 2.48. The van der Waals surface area contributed by atoms with Gasteiger partial charge in [-0.3, -0.25) is 9.63 Å². The Hall–Kier alpha value is -1.82. The molecule has 0 saturated heterocycles. The van der Waals surface area contributed by atoms with Crippen LogP contribution in [0.3, 0.4) is 0 Å². The monoisotopic (exact) mass is 326 g/mol. The van der Waals surface area contributed by atoms with E-state index in [1.165, 1.54) is 20.2 Å². The number of benzene rings is 1. The van der Waals surface area contributed by atoms with Crippen molar-refractivity contribution in [3.05, 3.63) is 52.1 Å². The Bertz CT molecular complexity index is 647. The molecule has 5 nitrogen and oxygen atoms in total. The average molecular weight is 327 g/mol. The molecule has 0 aliphatic heterocycles. The number of carbonyl (C=O) groups excluding carboxylic acids is 1. The highest BCUT2D eigenvalue weighted by Crippen LogP contribution is 2.25. The lowest BCUT2D eigenvalue weighted by Crippen LogP contribution is -2.25. The smallest absolute Gasteiger partial charge is 0.280 e. The Morgan fingerprint density at radius 1 is 1.14 bits per heavy atom. The molecule has 2 aromatic rings. The number of ether oxygens (including phenoxy) is 1. The van der Waals surface area contributed by atoms with Crippen molar-refractivity contribution in [3.8, 4) is 11.6 Å². The number of pyridine rings is 1. The van der Waals surface area contributed by atoms with E-state index in [2.05, 4.69) is 4.98 Å². The van der Waals surface area contributed by atoms with E-state index in [0.717, 1.165) is 5.06 Å². The molecule has 1 amide bonds. The fraction of sp³-hybridized carbons (Fsp3) is 0.143. The summed E-state index contributed by atoms with van der Waals surface area (Å²) >= 11 is 11.8. The van der Waals surface area contributed by atoms with E-state index in [-0.39, 0.29) is 16.6 Å². The van der Waals surface area contributed by atoms with E-state index < -0.39 is 5.91 Å². The molecule has 1 aromatic carbocycles. The highest BCUT2D eigenvalue weighted by Gasteiger charge is 2.17. The molecule has 1 heterocycles. The molecule has 2 rings (SSSR count). The van der Waals surface area contributed by atoms with Crippen LogP contribution >= 0.6 is 23.2 Å². The topological polar surface area (TPSA) is 51.7 Å². The Morgan fingerprint density at radius 2 is 1.81 bits per heavy atom. The van der Waals surface area contributed by atoms with Crippen molar-refractivity contribution >= 4 is 29.1 Å². The first-order valence-electron chi connectivity index (χ1n) is 5.93. The lowest BCUT2D eigenvalue weighted by Gasteiger charge is -2.14. The van der Waals surface area contributed by atoms with Crippen molar-refractivity contribution in [2.24, 2.45) is 0 Å². The van der Waals surface area contributed by atoms with Gasteiger partial charge in [0.15, 0.2) is 0 Å². The Labute approximate surface area is 132 Å². The zero-order valence-electron chi connectivity index (χ0n) is 11.3. The molecule has 0 atom stereocenters. The van der Waals surface area contributed by atoms with Gasteiger partial charge in [0.2, 0.25) is 5.88 Å². The molecule has 110 valence electrons. The fourth-order valence-electron chi connectivity index (χ4n) is 1.51. The summed E-state index contributed by atoms with van der Waals surface area (Å²) in [4.78, 5) is 20.8. The first-order valence-corrected chi connectivity index (χ1v) is 6.69. The highest BCUT2D eigenvalue weighted by atomic mass is 35.5. The van der Waals surface area contributed by atoms with Crippen LogP contribution < -0.4 is 4.74 Å². The number of amides is 1. The SMILES string of the molecule is CON(C)C(=O)c1ccc(Oc2ccc(Cl)cc2)nc1Cl. The fourth-order valence-corrected chi connectivity index (χ4v) is 1.86. The van der Waals surface area contributed by atoms with Gasteiger partial charge < -0.3 is 4.74 Å². The van der Waals surface area contributed by atoms with Crippen LogP contribution in [0.4, 0.5) is 0 Å². The van der Waals surface area contributed by atoms with Gasteiger partial charge in [-0.15, -0.1) is 0 Å². The minimum absolute atomic E-state index is 0.0374. The van der Waals surface area contributed by atoms with E-state index in [4.69, 9.17) is 32.8 Å². The van der Waals surface area contributed by atoms with Crippen LogP contribution in [-0.4, -0.2) is 30.1 Å². The Morgan fingerprint density at radius 3 is 2.38 bits per heavy atom. The molecule has 0 bridgehead atoms. The molecule has 0 spiro atoms. The van der Waals surface area contributed by atoms with Crippen molar-refractivity contribution < 1.29 is 14.4 Å². The second-order valence-electron chi connectivity index (χ2n) is 4.03. The van der Waals surface area contributed by atoms with E-state index >= 15 is 0 Å². The van der Waals surface area contributed by atoms with Gasteiger partial charge in [0.1, 0.15) is 10.9 Å². The normalized spacial score (nSPS) is 10.3. The van der Waals surface area contributed by atoms with Gasteiger partial charge in [0.25, 0.3) is 5.91 Å². The summed E-state index contributed by atoms with van der Waals surface area (Å²) in [6, 6.07) is 9.88. The summed E-state index contributed by atoms with van der Waals surface area (Å²) in [7, 11) is 2.87. The van der Waals surface area contributed by atoms with Crippen LogP contribution in [0.5, 0.6) is 11.6 Å². The van der Waals surface area contributed by atoms with Gasteiger partial charge in [-0.2, -0.15) is 0 Å². The van der Waals surface area contributed by atoms with Crippen LogP contribution in [-0.2, 0) is 4.84 Å². The number of carbonyl (C=O) groups is 1. The summed E-state index contributed by atoms with van der Waals surface area (Å²) in [6.07, 6.45) is 0. The molecule has 7 heteroatoms. The number of hydrogen-bond donors (Lipinski definition) is 0. The number of nitrogens with zero attached hydrogens (tertiary/aromatic N) is 2. The van der Waals surface area contributed by atoms with E-state index in [1.807, 2.05) is 0 Å². The molecular weight excluding hydrogens is 315 g/mol.